The Balaban J connectivity index is 1.41. The highest BCUT2D eigenvalue weighted by atomic mass is 32.2. The molecule has 0 saturated carbocycles. The Bertz CT molecular complexity index is 1530. The third kappa shape index (κ3) is 6.39. The topological polar surface area (TPSA) is 109 Å². The molecule has 0 spiro atoms. The van der Waals surface area contributed by atoms with E-state index in [1.807, 2.05) is 30.3 Å². The fourth-order valence-corrected chi connectivity index (χ4v) is 5.41. The Kier molecular flexibility index (Phi) is 7.82. The molecule has 1 aliphatic heterocycles. The first kappa shape index (κ1) is 26.7. The summed E-state index contributed by atoms with van der Waals surface area (Å²) in [7, 11) is 1.30. The van der Waals surface area contributed by atoms with Gasteiger partial charge >= 0.3 is 0 Å². The third-order valence-corrected chi connectivity index (χ3v) is 8.01. The van der Waals surface area contributed by atoms with Crippen molar-refractivity contribution in [2.45, 2.75) is 11.4 Å². The van der Waals surface area contributed by atoms with Crippen molar-refractivity contribution in [3.05, 3.63) is 72.3 Å². The molecule has 0 atom stereocenters. The van der Waals surface area contributed by atoms with Crippen LogP contribution in [0.5, 0.6) is 11.5 Å². The van der Waals surface area contributed by atoms with Crippen LogP contribution in [-0.2, 0) is 16.6 Å². The summed E-state index contributed by atoms with van der Waals surface area (Å²) < 4.78 is 40.2. The number of para-hydroxylation sites is 2. The lowest BCUT2D eigenvalue weighted by Crippen LogP contribution is -2.43. The van der Waals surface area contributed by atoms with Crippen LogP contribution in [0.2, 0.25) is 0 Å². The first-order chi connectivity index (χ1) is 18.8. The molecule has 39 heavy (non-hydrogen) atoms. The molecule has 1 saturated heterocycles. The van der Waals surface area contributed by atoms with Crippen molar-refractivity contribution < 1.29 is 17.9 Å². The lowest BCUT2D eigenvalue weighted by atomic mass is 10.2. The molecule has 0 amide bonds. The van der Waals surface area contributed by atoms with Crippen LogP contribution in [0.4, 0.5) is 17.3 Å². The summed E-state index contributed by atoms with van der Waals surface area (Å²) in [5.41, 5.74) is 2.85. The summed E-state index contributed by atoms with van der Waals surface area (Å²) in [6.07, 6.45) is 0. The summed E-state index contributed by atoms with van der Waals surface area (Å²) in [5.74, 6) is 1.48. The molecule has 0 unspecified atom stereocenters. The van der Waals surface area contributed by atoms with Crippen LogP contribution in [0.15, 0.2) is 71.6 Å². The number of benzene rings is 3. The van der Waals surface area contributed by atoms with Crippen molar-refractivity contribution in [2.24, 2.45) is 0 Å². The second kappa shape index (κ2) is 11.4. The zero-order chi connectivity index (χ0) is 27.4. The molecule has 0 radical (unpaired) electrons. The van der Waals surface area contributed by atoms with Gasteiger partial charge in [-0.25, -0.2) is 18.4 Å². The molecule has 0 aliphatic carbocycles. The van der Waals surface area contributed by atoms with Crippen molar-refractivity contribution in [2.75, 3.05) is 57.5 Å². The van der Waals surface area contributed by atoms with E-state index in [1.165, 1.54) is 0 Å². The number of piperazine rings is 1. The number of likely N-dealkylation sites (N-methyl/N-ethyl adjacent to an activating group) is 1. The average Bonchev–Trinajstić information content (AvgIpc) is 2.94. The van der Waals surface area contributed by atoms with Crippen molar-refractivity contribution >= 4 is 38.4 Å². The lowest BCUT2D eigenvalue weighted by molar-refractivity contribution is 0.148. The standard InChI is InChI=1S/C28H32N6O4S/c1-33-12-14-34(15-13-33)19-20-8-10-24(11-9-20)39(35,36)32-28-27(30-25-6-4-5-7-26(25)31-28)29-21-16-22(37-2)18-23(17-21)38-3/h4-11,16-18H,12-15,19H2,1-3H3,(H,29,30)(H,31,32). The summed E-state index contributed by atoms with van der Waals surface area (Å²) in [4.78, 5) is 14.1. The number of nitrogens with one attached hydrogen (secondary N) is 2. The van der Waals surface area contributed by atoms with Crippen molar-refractivity contribution in [1.82, 2.24) is 19.8 Å². The predicted molar refractivity (Wildman–Crippen MR) is 152 cm³/mol. The molecule has 2 heterocycles. The van der Waals surface area contributed by atoms with Gasteiger partial charge < -0.3 is 19.7 Å². The molecule has 1 aliphatic rings. The van der Waals surface area contributed by atoms with Gasteiger partial charge in [0.2, 0.25) is 0 Å². The maximum atomic E-state index is 13.4. The summed E-state index contributed by atoms with van der Waals surface area (Å²) in [6, 6.07) is 19.5. The van der Waals surface area contributed by atoms with Gasteiger partial charge in [0.25, 0.3) is 10.0 Å². The van der Waals surface area contributed by atoms with Crippen molar-refractivity contribution in [3.8, 4) is 11.5 Å². The number of aromatic nitrogens is 2. The Hall–Kier alpha value is -3.93. The maximum absolute atomic E-state index is 13.4. The Morgan fingerprint density at radius 1 is 0.821 bits per heavy atom. The fourth-order valence-electron chi connectivity index (χ4n) is 4.40. The summed E-state index contributed by atoms with van der Waals surface area (Å²) in [5, 5.41) is 3.18. The smallest absolute Gasteiger partial charge is 0.263 e. The predicted octanol–water partition coefficient (Wildman–Crippen LogP) is 3.94. The Morgan fingerprint density at radius 3 is 2.00 bits per heavy atom. The van der Waals surface area contributed by atoms with E-state index in [-0.39, 0.29) is 16.5 Å². The normalized spacial score (nSPS) is 14.7. The number of hydrogen-bond acceptors (Lipinski definition) is 9. The number of methoxy groups -OCH3 is 2. The van der Waals surface area contributed by atoms with Crippen LogP contribution >= 0.6 is 0 Å². The summed E-state index contributed by atoms with van der Waals surface area (Å²) >= 11 is 0. The second-order valence-electron chi connectivity index (χ2n) is 9.46. The van der Waals surface area contributed by atoms with Gasteiger partial charge in [0.15, 0.2) is 11.6 Å². The third-order valence-electron chi connectivity index (χ3n) is 6.65. The minimum Gasteiger partial charge on any atom is -0.497 e. The van der Waals surface area contributed by atoms with E-state index in [2.05, 4.69) is 36.9 Å². The van der Waals surface area contributed by atoms with E-state index in [4.69, 9.17) is 9.47 Å². The van der Waals surface area contributed by atoms with Gasteiger partial charge in [-0.2, -0.15) is 0 Å². The number of rotatable bonds is 9. The number of hydrogen-bond donors (Lipinski definition) is 2. The van der Waals surface area contributed by atoms with Gasteiger partial charge in [-0.3, -0.25) is 9.62 Å². The molecule has 2 N–H and O–H groups in total. The van der Waals surface area contributed by atoms with Gasteiger partial charge in [-0.1, -0.05) is 24.3 Å². The molecule has 10 nitrogen and oxygen atoms in total. The van der Waals surface area contributed by atoms with Gasteiger partial charge in [-0.15, -0.1) is 0 Å². The zero-order valence-electron chi connectivity index (χ0n) is 22.2. The Labute approximate surface area is 228 Å². The first-order valence-corrected chi connectivity index (χ1v) is 14.1. The van der Waals surface area contributed by atoms with E-state index in [9.17, 15) is 8.42 Å². The minimum atomic E-state index is -3.94. The number of nitrogens with zero attached hydrogens (tertiary/aromatic N) is 4. The van der Waals surface area contributed by atoms with Crippen LogP contribution in [0.3, 0.4) is 0 Å². The van der Waals surface area contributed by atoms with Crippen LogP contribution in [0.25, 0.3) is 11.0 Å². The van der Waals surface area contributed by atoms with Crippen LogP contribution in [0, 0.1) is 0 Å². The van der Waals surface area contributed by atoms with Gasteiger partial charge in [0, 0.05) is 56.6 Å². The number of anilines is 3. The zero-order valence-corrected chi connectivity index (χ0v) is 23.0. The molecule has 11 heteroatoms. The molecule has 1 aromatic heterocycles. The molecule has 5 rings (SSSR count). The second-order valence-corrected chi connectivity index (χ2v) is 11.1. The number of fused-ring (bicyclic) bond motifs is 1. The molecular weight excluding hydrogens is 516 g/mol. The molecular formula is C28H32N6O4S. The SMILES string of the molecule is COc1cc(Nc2nc3ccccc3nc2NS(=O)(=O)c2ccc(CN3CCN(C)CC3)cc2)cc(OC)c1. The highest BCUT2D eigenvalue weighted by molar-refractivity contribution is 7.92. The Morgan fingerprint density at radius 2 is 1.41 bits per heavy atom. The minimum absolute atomic E-state index is 0.0806. The largest absolute Gasteiger partial charge is 0.497 e. The van der Waals surface area contributed by atoms with Crippen LogP contribution < -0.4 is 19.5 Å². The van der Waals surface area contributed by atoms with E-state index in [0.29, 0.717) is 28.2 Å². The van der Waals surface area contributed by atoms with E-state index in [1.54, 1.807) is 50.6 Å². The average molecular weight is 549 g/mol. The lowest BCUT2D eigenvalue weighted by Gasteiger charge is -2.32. The first-order valence-electron chi connectivity index (χ1n) is 12.6. The van der Waals surface area contributed by atoms with Gasteiger partial charge in [0.05, 0.1) is 30.1 Å². The van der Waals surface area contributed by atoms with Gasteiger partial charge in [0.1, 0.15) is 11.5 Å². The molecule has 4 aromatic rings. The van der Waals surface area contributed by atoms with Crippen LogP contribution in [-0.4, -0.2) is 75.6 Å². The maximum Gasteiger partial charge on any atom is 0.263 e. The fraction of sp³-hybridized carbons (Fsp3) is 0.286. The van der Waals surface area contributed by atoms with Gasteiger partial charge in [-0.05, 0) is 36.9 Å². The monoisotopic (exact) mass is 548 g/mol. The number of ether oxygens (including phenoxy) is 2. The van der Waals surface area contributed by atoms with Crippen LogP contribution in [0.1, 0.15) is 5.56 Å². The molecule has 0 bridgehead atoms. The van der Waals surface area contributed by atoms with E-state index < -0.39 is 10.0 Å². The van der Waals surface area contributed by atoms with Crippen molar-refractivity contribution in [1.29, 1.82) is 0 Å². The highest BCUT2D eigenvalue weighted by Crippen LogP contribution is 2.31. The molecule has 204 valence electrons. The van der Waals surface area contributed by atoms with E-state index >= 15 is 0 Å². The van der Waals surface area contributed by atoms with E-state index in [0.717, 1.165) is 38.3 Å². The molecule has 3 aromatic carbocycles. The quantitative estimate of drug-likeness (QED) is 0.321. The number of sulfonamides is 1. The highest BCUT2D eigenvalue weighted by Gasteiger charge is 2.20. The van der Waals surface area contributed by atoms with Crippen molar-refractivity contribution in [3.63, 3.8) is 0 Å². The molecule has 1 fully saturated rings. The summed E-state index contributed by atoms with van der Waals surface area (Å²) in [6.45, 7) is 4.83.